The Hall–Kier alpha value is -1.77. The molecular weight excluding hydrogens is 192 g/mol. The van der Waals surface area contributed by atoms with Crippen molar-refractivity contribution in [1.29, 1.82) is 0 Å². The average Bonchev–Trinajstić information content (AvgIpc) is 2.22. The summed E-state index contributed by atoms with van der Waals surface area (Å²) in [6.07, 6.45) is 3.55. The Balaban J connectivity index is 2.70. The number of carbonyl (C=O) groups excluding carboxylic acids is 1. The Morgan fingerprint density at radius 1 is 1.53 bits per heavy atom. The van der Waals surface area contributed by atoms with Gasteiger partial charge in [-0.15, -0.1) is 0 Å². The topological polar surface area (TPSA) is 46.5 Å². The van der Waals surface area contributed by atoms with Crippen LogP contribution < -0.4 is 0 Å². The lowest BCUT2D eigenvalue weighted by molar-refractivity contribution is 0.0549. The van der Waals surface area contributed by atoms with Gasteiger partial charge < -0.3 is 9.84 Å². The van der Waals surface area contributed by atoms with Gasteiger partial charge in [0.2, 0.25) is 0 Å². The maximum absolute atomic E-state index is 11.4. The van der Waals surface area contributed by atoms with Gasteiger partial charge in [0.15, 0.2) is 0 Å². The van der Waals surface area contributed by atoms with Crippen LogP contribution in [-0.2, 0) is 4.74 Å². The molecule has 3 heteroatoms. The molecule has 0 saturated heterocycles. The third-order valence-electron chi connectivity index (χ3n) is 1.99. The summed E-state index contributed by atoms with van der Waals surface area (Å²) in [6, 6.07) is 4.72. The quantitative estimate of drug-likeness (QED) is 0.610. The van der Waals surface area contributed by atoms with Gasteiger partial charge in [-0.25, -0.2) is 4.79 Å². The molecule has 0 amide bonds. The molecule has 80 valence electrons. The van der Waals surface area contributed by atoms with Crippen molar-refractivity contribution in [2.24, 2.45) is 0 Å². The summed E-state index contributed by atoms with van der Waals surface area (Å²) in [4.78, 5) is 11.4. The van der Waals surface area contributed by atoms with Crippen molar-refractivity contribution in [2.75, 3.05) is 6.61 Å². The highest BCUT2D eigenvalue weighted by Gasteiger charge is 2.07. The van der Waals surface area contributed by atoms with Crippen LogP contribution >= 0.6 is 0 Å². The first-order valence-electron chi connectivity index (χ1n) is 4.73. The number of hydrogen-bond donors (Lipinski definition) is 1. The van der Waals surface area contributed by atoms with Gasteiger partial charge in [-0.1, -0.05) is 18.2 Å². The summed E-state index contributed by atoms with van der Waals surface area (Å²) in [7, 11) is 0. The third kappa shape index (κ3) is 3.13. The molecule has 0 heterocycles. The van der Waals surface area contributed by atoms with E-state index in [0.717, 1.165) is 5.56 Å². The highest BCUT2D eigenvalue weighted by molar-refractivity contribution is 5.90. The molecule has 1 aromatic rings. The van der Waals surface area contributed by atoms with Crippen LogP contribution in [0.4, 0.5) is 0 Å². The number of phenols is 1. The van der Waals surface area contributed by atoms with Crippen molar-refractivity contribution in [3.63, 3.8) is 0 Å². The van der Waals surface area contributed by atoms with E-state index in [1.807, 2.05) is 6.92 Å². The molecule has 1 N–H and O–H groups in total. The van der Waals surface area contributed by atoms with Crippen molar-refractivity contribution in [2.45, 2.75) is 13.8 Å². The number of ether oxygens (including phenoxy) is 1. The van der Waals surface area contributed by atoms with E-state index in [1.54, 1.807) is 31.2 Å². The molecule has 0 aliphatic heterocycles. The summed E-state index contributed by atoms with van der Waals surface area (Å²) in [5.41, 5.74) is 1.10. The highest BCUT2D eigenvalue weighted by Crippen LogP contribution is 2.17. The first kappa shape index (κ1) is 11.3. The lowest BCUT2D eigenvalue weighted by Gasteiger charge is -2.03. The van der Waals surface area contributed by atoms with E-state index in [0.29, 0.717) is 5.56 Å². The Labute approximate surface area is 89.0 Å². The summed E-state index contributed by atoms with van der Waals surface area (Å²) in [5, 5.41) is 9.40. The van der Waals surface area contributed by atoms with E-state index in [9.17, 15) is 9.90 Å². The van der Waals surface area contributed by atoms with Crippen LogP contribution in [0.1, 0.15) is 22.8 Å². The average molecular weight is 206 g/mol. The molecule has 0 bridgehead atoms. The Bertz CT molecular complexity index is 380. The highest BCUT2D eigenvalue weighted by atomic mass is 16.5. The largest absolute Gasteiger partial charge is 0.508 e. The normalized spacial score (nSPS) is 10.5. The lowest BCUT2D eigenvalue weighted by Crippen LogP contribution is -2.04. The monoisotopic (exact) mass is 206 g/mol. The Kier molecular flexibility index (Phi) is 3.92. The molecule has 0 atom stereocenters. The van der Waals surface area contributed by atoms with E-state index >= 15 is 0 Å². The van der Waals surface area contributed by atoms with Crippen LogP contribution in [-0.4, -0.2) is 17.7 Å². The molecule has 0 fully saturated rings. The number of aryl methyl sites for hydroxylation is 1. The minimum absolute atomic E-state index is 0.107. The molecular formula is C12H14O3. The van der Waals surface area contributed by atoms with Crippen LogP contribution in [0.5, 0.6) is 5.75 Å². The molecule has 0 saturated carbocycles. The number of aromatic hydroxyl groups is 1. The predicted molar refractivity (Wildman–Crippen MR) is 57.9 cm³/mol. The molecule has 15 heavy (non-hydrogen) atoms. The van der Waals surface area contributed by atoms with E-state index < -0.39 is 5.97 Å². The molecule has 0 aliphatic carbocycles. The van der Waals surface area contributed by atoms with Gasteiger partial charge in [-0.2, -0.15) is 0 Å². The van der Waals surface area contributed by atoms with Crippen LogP contribution in [0, 0.1) is 6.92 Å². The molecule has 0 unspecified atom stereocenters. The number of benzene rings is 1. The van der Waals surface area contributed by atoms with Crippen LogP contribution in [0.25, 0.3) is 0 Å². The Morgan fingerprint density at radius 2 is 2.27 bits per heavy atom. The van der Waals surface area contributed by atoms with Gasteiger partial charge in [-0.3, -0.25) is 0 Å². The summed E-state index contributed by atoms with van der Waals surface area (Å²) in [5.74, 6) is -0.320. The van der Waals surface area contributed by atoms with Crippen molar-refractivity contribution >= 4 is 5.97 Å². The second-order valence-electron chi connectivity index (χ2n) is 3.17. The molecule has 3 nitrogen and oxygen atoms in total. The van der Waals surface area contributed by atoms with E-state index in [1.165, 1.54) is 6.07 Å². The molecule has 0 spiro atoms. The summed E-state index contributed by atoms with van der Waals surface area (Å²) < 4.78 is 4.93. The standard InChI is InChI=1S/C12H14O3/c1-3-4-7-15-12(14)10-6-5-9(2)11(13)8-10/h3-6,8,13H,7H2,1-2H3/b4-3+. The zero-order valence-electron chi connectivity index (χ0n) is 8.86. The zero-order valence-corrected chi connectivity index (χ0v) is 8.86. The van der Waals surface area contributed by atoms with Crippen molar-refractivity contribution < 1.29 is 14.6 Å². The number of hydrogen-bond acceptors (Lipinski definition) is 3. The lowest BCUT2D eigenvalue weighted by atomic mass is 10.1. The fourth-order valence-corrected chi connectivity index (χ4v) is 1.04. The first-order chi connectivity index (χ1) is 7.15. The smallest absolute Gasteiger partial charge is 0.338 e. The second kappa shape index (κ2) is 5.20. The van der Waals surface area contributed by atoms with Gasteiger partial charge in [-0.05, 0) is 31.5 Å². The fourth-order valence-electron chi connectivity index (χ4n) is 1.04. The van der Waals surface area contributed by atoms with Crippen LogP contribution in [0.15, 0.2) is 30.4 Å². The molecule has 0 radical (unpaired) electrons. The van der Waals surface area contributed by atoms with Crippen LogP contribution in [0.2, 0.25) is 0 Å². The van der Waals surface area contributed by atoms with Gasteiger partial charge in [0.1, 0.15) is 12.4 Å². The van der Waals surface area contributed by atoms with Gasteiger partial charge in [0.05, 0.1) is 5.56 Å². The number of esters is 1. The minimum Gasteiger partial charge on any atom is -0.508 e. The summed E-state index contributed by atoms with van der Waals surface area (Å²) in [6.45, 7) is 3.87. The number of carbonyl (C=O) groups is 1. The van der Waals surface area contributed by atoms with Crippen molar-refractivity contribution in [3.05, 3.63) is 41.5 Å². The van der Waals surface area contributed by atoms with Gasteiger partial charge in [0.25, 0.3) is 0 Å². The predicted octanol–water partition coefficient (Wildman–Crippen LogP) is 2.43. The summed E-state index contributed by atoms with van der Waals surface area (Å²) >= 11 is 0. The van der Waals surface area contributed by atoms with E-state index in [-0.39, 0.29) is 12.4 Å². The number of phenolic OH excluding ortho intramolecular Hbond substituents is 1. The maximum Gasteiger partial charge on any atom is 0.338 e. The van der Waals surface area contributed by atoms with E-state index in [2.05, 4.69) is 0 Å². The van der Waals surface area contributed by atoms with Crippen LogP contribution in [0.3, 0.4) is 0 Å². The zero-order chi connectivity index (χ0) is 11.3. The SMILES string of the molecule is C/C=C/COC(=O)c1ccc(C)c(O)c1. The molecule has 1 aromatic carbocycles. The van der Waals surface area contributed by atoms with Crippen molar-refractivity contribution in [1.82, 2.24) is 0 Å². The molecule has 0 aromatic heterocycles. The number of rotatable bonds is 3. The molecule has 0 aliphatic rings. The number of allylic oxidation sites excluding steroid dienone is 1. The van der Waals surface area contributed by atoms with Crippen molar-refractivity contribution in [3.8, 4) is 5.75 Å². The second-order valence-corrected chi connectivity index (χ2v) is 3.17. The third-order valence-corrected chi connectivity index (χ3v) is 1.99. The van der Waals surface area contributed by atoms with Gasteiger partial charge in [0, 0.05) is 0 Å². The first-order valence-corrected chi connectivity index (χ1v) is 4.73. The maximum atomic E-state index is 11.4. The van der Waals surface area contributed by atoms with Gasteiger partial charge >= 0.3 is 5.97 Å². The van der Waals surface area contributed by atoms with E-state index in [4.69, 9.17) is 4.74 Å². The minimum atomic E-state index is -0.427. The molecule has 1 rings (SSSR count). The fraction of sp³-hybridized carbons (Fsp3) is 0.250. The Morgan fingerprint density at radius 3 is 2.87 bits per heavy atom.